The molecule has 0 amide bonds. The molecule has 1 N–H and O–H groups in total. The summed E-state index contributed by atoms with van der Waals surface area (Å²) < 4.78 is 23.5. The number of nitrogens with one attached hydrogen (secondary N) is 1. The highest BCUT2D eigenvalue weighted by Crippen LogP contribution is 2.31. The fourth-order valence-corrected chi connectivity index (χ4v) is 3.88. The molecule has 2 unspecified atom stereocenters. The summed E-state index contributed by atoms with van der Waals surface area (Å²) >= 11 is 0. The molecule has 1 aromatic carbocycles. The van der Waals surface area contributed by atoms with Gasteiger partial charge in [0.1, 0.15) is 4.90 Å². The number of benzene rings is 1. The molecule has 0 heterocycles. The molecule has 2 atom stereocenters. The maximum Gasteiger partial charge on any atom is 0.288 e. The molecule has 0 aromatic heterocycles. The molecular weight excluding hydrogens is 304 g/mol. The van der Waals surface area contributed by atoms with Gasteiger partial charge in [-0.15, -0.1) is 0 Å². The third-order valence-corrected chi connectivity index (χ3v) is 5.54. The van der Waals surface area contributed by atoms with Gasteiger partial charge in [0, 0.05) is 24.6 Å². The third kappa shape index (κ3) is 3.97. The van der Waals surface area contributed by atoms with Crippen molar-refractivity contribution in [3.63, 3.8) is 0 Å². The SMILES string of the molecule is CC1CCCCC1CNc1ccc([N+](=O)[O-])c(S(C)(=O)=O)c1. The number of hydrogen-bond acceptors (Lipinski definition) is 5. The monoisotopic (exact) mass is 326 g/mol. The van der Waals surface area contributed by atoms with Crippen molar-refractivity contribution in [3.8, 4) is 0 Å². The molecule has 0 bridgehead atoms. The normalized spacial score (nSPS) is 22.3. The van der Waals surface area contributed by atoms with E-state index in [2.05, 4.69) is 12.2 Å². The van der Waals surface area contributed by atoms with Gasteiger partial charge in [-0.25, -0.2) is 8.42 Å². The average Bonchev–Trinajstić information content (AvgIpc) is 2.45. The van der Waals surface area contributed by atoms with Gasteiger partial charge in [0.05, 0.1) is 4.92 Å². The minimum absolute atomic E-state index is 0.237. The lowest BCUT2D eigenvalue weighted by molar-refractivity contribution is -0.387. The number of sulfone groups is 1. The van der Waals surface area contributed by atoms with E-state index < -0.39 is 14.8 Å². The van der Waals surface area contributed by atoms with Crippen molar-refractivity contribution in [2.75, 3.05) is 18.1 Å². The Morgan fingerprint density at radius 2 is 2.00 bits per heavy atom. The maximum absolute atomic E-state index is 11.7. The van der Waals surface area contributed by atoms with Crippen LogP contribution in [0.4, 0.5) is 11.4 Å². The summed E-state index contributed by atoms with van der Waals surface area (Å²) in [5.41, 5.74) is 0.239. The first-order valence-corrected chi connectivity index (χ1v) is 9.40. The predicted molar refractivity (Wildman–Crippen MR) is 85.8 cm³/mol. The van der Waals surface area contributed by atoms with E-state index in [4.69, 9.17) is 0 Å². The summed E-state index contributed by atoms with van der Waals surface area (Å²) in [4.78, 5) is 10.0. The predicted octanol–water partition coefficient (Wildman–Crippen LogP) is 3.24. The summed E-state index contributed by atoms with van der Waals surface area (Å²) in [7, 11) is -3.64. The molecule has 1 fully saturated rings. The highest BCUT2D eigenvalue weighted by Gasteiger charge is 2.24. The number of hydrogen-bond donors (Lipinski definition) is 1. The van der Waals surface area contributed by atoms with Crippen LogP contribution in [0.3, 0.4) is 0 Å². The van der Waals surface area contributed by atoms with E-state index in [9.17, 15) is 18.5 Å². The van der Waals surface area contributed by atoms with Gasteiger partial charge in [-0.2, -0.15) is 0 Å². The molecule has 7 heteroatoms. The lowest BCUT2D eigenvalue weighted by Crippen LogP contribution is -2.24. The molecule has 6 nitrogen and oxygen atoms in total. The van der Waals surface area contributed by atoms with Crippen LogP contribution < -0.4 is 5.32 Å². The van der Waals surface area contributed by atoms with Gasteiger partial charge in [0.2, 0.25) is 0 Å². The number of nitrogens with zero attached hydrogens (tertiary/aromatic N) is 1. The Morgan fingerprint density at radius 3 is 2.59 bits per heavy atom. The van der Waals surface area contributed by atoms with Gasteiger partial charge < -0.3 is 5.32 Å². The summed E-state index contributed by atoms with van der Waals surface area (Å²) in [5.74, 6) is 1.21. The zero-order valence-electron chi connectivity index (χ0n) is 12.9. The highest BCUT2D eigenvalue weighted by molar-refractivity contribution is 7.90. The van der Waals surface area contributed by atoms with E-state index in [1.807, 2.05) is 0 Å². The summed E-state index contributed by atoms with van der Waals surface area (Å²) in [5, 5.41) is 14.2. The van der Waals surface area contributed by atoms with Crippen LogP contribution in [0.1, 0.15) is 32.6 Å². The van der Waals surface area contributed by atoms with Crippen LogP contribution in [-0.2, 0) is 9.84 Å². The quantitative estimate of drug-likeness (QED) is 0.663. The fraction of sp³-hybridized carbons (Fsp3) is 0.600. The molecule has 1 aliphatic carbocycles. The van der Waals surface area contributed by atoms with Gasteiger partial charge in [-0.3, -0.25) is 10.1 Å². The Hall–Kier alpha value is -1.63. The van der Waals surface area contributed by atoms with Crippen molar-refractivity contribution in [3.05, 3.63) is 28.3 Å². The molecule has 1 saturated carbocycles. The van der Waals surface area contributed by atoms with Gasteiger partial charge in [-0.05, 0) is 30.4 Å². The van der Waals surface area contributed by atoms with Crippen molar-refractivity contribution in [2.45, 2.75) is 37.5 Å². The van der Waals surface area contributed by atoms with Crippen LogP contribution in [0.5, 0.6) is 0 Å². The Labute approximate surface area is 131 Å². The van der Waals surface area contributed by atoms with Gasteiger partial charge in [0.15, 0.2) is 9.84 Å². The van der Waals surface area contributed by atoms with Crippen molar-refractivity contribution >= 4 is 21.2 Å². The number of nitro groups is 1. The van der Waals surface area contributed by atoms with Crippen LogP contribution in [0.25, 0.3) is 0 Å². The Kier molecular flexibility index (Phi) is 5.05. The molecule has 2 rings (SSSR count). The van der Waals surface area contributed by atoms with Crippen LogP contribution in [0, 0.1) is 22.0 Å². The molecule has 0 radical (unpaired) electrons. The van der Waals surface area contributed by atoms with Crippen LogP contribution in [0.15, 0.2) is 23.1 Å². The van der Waals surface area contributed by atoms with Crippen LogP contribution in [-0.4, -0.2) is 26.1 Å². The average molecular weight is 326 g/mol. The Balaban J connectivity index is 2.17. The van der Waals surface area contributed by atoms with Crippen LogP contribution >= 0.6 is 0 Å². The number of nitro benzene ring substituents is 1. The van der Waals surface area contributed by atoms with E-state index in [0.29, 0.717) is 17.5 Å². The molecule has 0 spiro atoms. The second-order valence-electron chi connectivity index (χ2n) is 6.11. The van der Waals surface area contributed by atoms with Crippen LogP contribution in [0.2, 0.25) is 0 Å². The van der Waals surface area contributed by atoms with E-state index in [0.717, 1.165) is 12.8 Å². The molecule has 1 aromatic rings. The molecule has 122 valence electrons. The maximum atomic E-state index is 11.7. The number of rotatable bonds is 5. The second-order valence-corrected chi connectivity index (χ2v) is 8.10. The smallest absolute Gasteiger partial charge is 0.288 e. The number of anilines is 1. The second kappa shape index (κ2) is 6.64. The lowest BCUT2D eigenvalue weighted by atomic mass is 9.80. The van der Waals surface area contributed by atoms with Crippen molar-refractivity contribution in [2.24, 2.45) is 11.8 Å². The van der Waals surface area contributed by atoms with E-state index in [1.165, 1.54) is 37.8 Å². The van der Waals surface area contributed by atoms with Gasteiger partial charge >= 0.3 is 0 Å². The largest absolute Gasteiger partial charge is 0.385 e. The molecule has 22 heavy (non-hydrogen) atoms. The molecule has 1 aliphatic rings. The summed E-state index contributed by atoms with van der Waals surface area (Å²) in [6.07, 6.45) is 5.88. The van der Waals surface area contributed by atoms with Gasteiger partial charge in [0.25, 0.3) is 5.69 Å². The third-order valence-electron chi connectivity index (χ3n) is 4.41. The first kappa shape index (κ1) is 16.7. The molecular formula is C15H22N2O4S. The minimum atomic E-state index is -3.64. The molecule has 0 aliphatic heterocycles. The first-order valence-electron chi connectivity index (χ1n) is 7.51. The van der Waals surface area contributed by atoms with Gasteiger partial charge in [-0.1, -0.05) is 26.2 Å². The highest BCUT2D eigenvalue weighted by atomic mass is 32.2. The van der Waals surface area contributed by atoms with Crippen molar-refractivity contribution in [1.82, 2.24) is 0 Å². The topological polar surface area (TPSA) is 89.3 Å². The van der Waals surface area contributed by atoms with Crippen molar-refractivity contribution < 1.29 is 13.3 Å². The first-order chi connectivity index (χ1) is 10.3. The molecule has 0 saturated heterocycles. The zero-order chi connectivity index (χ0) is 16.3. The standard InChI is InChI=1S/C15H22N2O4S/c1-11-5-3-4-6-12(11)10-16-13-7-8-14(17(18)19)15(9-13)22(2,20)21/h7-9,11-12,16H,3-6,10H2,1-2H3. The fourth-order valence-electron chi connectivity index (χ4n) is 3.02. The van der Waals surface area contributed by atoms with E-state index in [1.54, 1.807) is 6.07 Å². The Morgan fingerprint density at radius 1 is 1.32 bits per heavy atom. The van der Waals surface area contributed by atoms with Crippen molar-refractivity contribution in [1.29, 1.82) is 0 Å². The summed E-state index contributed by atoms with van der Waals surface area (Å²) in [6.45, 7) is 3.01. The zero-order valence-corrected chi connectivity index (χ0v) is 13.7. The lowest BCUT2D eigenvalue weighted by Gasteiger charge is -2.29. The van der Waals surface area contributed by atoms with E-state index in [-0.39, 0.29) is 10.6 Å². The minimum Gasteiger partial charge on any atom is -0.385 e. The Bertz CT molecular complexity index is 658. The summed E-state index contributed by atoms with van der Waals surface area (Å²) in [6, 6.07) is 4.18. The van der Waals surface area contributed by atoms with E-state index >= 15 is 0 Å².